The average molecular weight is 387 g/mol. The lowest BCUT2D eigenvalue weighted by Gasteiger charge is -2.08. The van der Waals surface area contributed by atoms with Crippen molar-refractivity contribution in [1.29, 1.82) is 0 Å². The quantitative estimate of drug-likeness (QED) is 0.501. The minimum absolute atomic E-state index is 0.383. The summed E-state index contributed by atoms with van der Waals surface area (Å²) in [5, 5.41) is 2.49. The number of thiazole rings is 1. The zero-order valence-corrected chi connectivity index (χ0v) is 14.8. The molecule has 2 heterocycles. The fraction of sp³-hybridized carbons (Fsp3) is 0.0526. The van der Waals surface area contributed by atoms with E-state index in [1.54, 1.807) is 29.5 Å². The number of nitrogens with zero attached hydrogens (tertiary/aromatic N) is 2. The normalized spacial score (nSPS) is 11.1. The Morgan fingerprint density at radius 3 is 2.70 bits per heavy atom. The van der Waals surface area contributed by atoms with Crippen LogP contribution in [0.15, 0.2) is 48.8 Å². The second-order valence-corrected chi connectivity index (χ2v) is 7.13. The summed E-state index contributed by atoms with van der Waals surface area (Å²) in [6, 6.07) is 8.44. The number of aryl methyl sites for hydroxylation is 1. The van der Waals surface area contributed by atoms with Gasteiger partial charge in [-0.1, -0.05) is 12.1 Å². The number of hydrogen-bond donors (Lipinski definition) is 1. The molecule has 0 saturated carbocycles. The van der Waals surface area contributed by atoms with Crippen LogP contribution in [0.3, 0.4) is 0 Å². The van der Waals surface area contributed by atoms with Crippen molar-refractivity contribution in [3.05, 3.63) is 76.7 Å². The zero-order chi connectivity index (χ0) is 19.1. The van der Waals surface area contributed by atoms with E-state index >= 15 is 0 Å². The lowest BCUT2D eigenvalue weighted by Crippen LogP contribution is -2.15. The number of nitrogens with one attached hydrogen (secondary N) is 1. The number of aromatic nitrogens is 2. The number of halogens is 3. The molecular formula is C19H12F3N3OS. The Labute approximate surface area is 155 Å². The Kier molecular flexibility index (Phi) is 4.19. The lowest BCUT2D eigenvalue weighted by molar-refractivity contribution is 0.102. The number of amides is 1. The maximum atomic E-state index is 13.8. The Morgan fingerprint density at radius 2 is 1.93 bits per heavy atom. The number of carbonyl (C=O) groups is 1. The molecule has 0 saturated heterocycles. The number of carbonyl (C=O) groups excluding carboxylic acids is 1. The van der Waals surface area contributed by atoms with Gasteiger partial charge in [0.05, 0.1) is 11.3 Å². The molecule has 27 heavy (non-hydrogen) atoms. The Hall–Kier alpha value is -3.13. The molecule has 2 aromatic heterocycles. The molecule has 2 aromatic carbocycles. The summed E-state index contributed by atoms with van der Waals surface area (Å²) in [6.45, 7) is 1.99. The number of imidazole rings is 1. The summed E-state index contributed by atoms with van der Waals surface area (Å²) in [5.41, 5.74) is 1.29. The molecule has 8 heteroatoms. The third-order valence-corrected chi connectivity index (χ3v) is 4.88. The standard InChI is InChI=1S/C19H12F3N3OS/c1-10-8-25-9-15(24-19(25)27-10)11-3-2-4-12(7-11)23-18(26)13-5-6-14(20)17(22)16(13)21/h2-9H,1H3,(H,23,26). The van der Waals surface area contributed by atoms with Crippen LogP contribution in [0.25, 0.3) is 16.2 Å². The van der Waals surface area contributed by atoms with Crippen molar-refractivity contribution in [1.82, 2.24) is 9.38 Å². The summed E-state index contributed by atoms with van der Waals surface area (Å²) in [6.07, 6.45) is 3.84. The van der Waals surface area contributed by atoms with E-state index in [0.717, 1.165) is 27.2 Å². The highest BCUT2D eigenvalue weighted by Gasteiger charge is 2.19. The van der Waals surface area contributed by atoms with E-state index < -0.39 is 28.9 Å². The molecule has 0 aliphatic heterocycles. The summed E-state index contributed by atoms with van der Waals surface area (Å²) in [4.78, 5) is 18.7. The highest BCUT2D eigenvalue weighted by molar-refractivity contribution is 7.17. The number of hydrogen-bond acceptors (Lipinski definition) is 3. The highest BCUT2D eigenvalue weighted by atomic mass is 32.1. The fourth-order valence-corrected chi connectivity index (χ4v) is 3.51. The van der Waals surface area contributed by atoms with Crippen LogP contribution in [0.5, 0.6) is 0 Å². The molecule has 0 bridgehead atoms. The minimum Gasteiger partial charge on any atom is -0.322 e. The van der Waals surface area contributed by atoms with Crippen molar-refractivity contribution in [2.24, 2.45) is 0 Å². The number of rotatable bonds is 3. The topological polar surface area (TPSA) is 46.4 Å². The smallest absolute Gasteiger partial charge is 0.258 e. The van der Waals surface area contributed by atoms with Gasteiger partial charge in [-0.3, -0.25) is 9.20 Å². The highest BCUT2D eigenvalue weighted by Crippen LogP contribution is 2.26. The third kappa shape index (κ3) is 3.19. The van der Waals surface area contributed by atoms with E-state index in [2.05, 4.69) is 10.3 Å². The van der Waals surface area contributed by atoms with Gasteiger partial charge in [-0.25, -0.2) is 18.2 Å². The maximum absolute atomic E-state index is 13.8. The van der Waals surface area contributed by atoms with E-state index in [1.807, 2.05) is 29.8 Å². The average Bonchev–Trinajstić information content (AvgIpc) is 3.17. The first-order chi connectivity index (χ1) is 12.9. The van der Waals surface area contributed by atoms with E-state index in [-0.39, 0.29) is 0 Å². The predicted molar refractivity (Wildman–Crippen MR) is 97.5 cm³/mol. The van der Waals surface area contributed by atoms with Crippen LogP contribution in [-0.4, -0.2) is 15.3 Å². The summed E-state index contributed by atoms with van der Waals surface area (Å²) >= 11 is 1.56. The molecule has 0 spiro atoms. The van der Waals surface area contributed by atoms with Gasteiger partial charge in [-0.05, 0) is 31.2 Å². The van der Waals surface area contributed by atoms with E-state index in [1.165, 1.54) is 0 Å². The van der Waals surface area contributed by atoms with Crippen molar-refractivity contribution in [2.75, 3.05) is 5.32 Å². The molecule has 4 rings (SSSR count). The van der Waals surface area contributed by atoms with E-state index in [0.29, 0.717) is 11.8 Å². The fourth-order valence-electron chi connectivity index (χ4n) is 2.71. The summed E-state index contributed by atoms with van der Waals surface area (Å²) in [7, 11) is 0. The molecule has 0 unspecified atom stereocenters. The van der Waals surface area contributed by atoms with Crippen LogP contribution >= 0.6 is 11.3 Å². The first-order valence-corrected chi connectivity index (χ1v) is 8.74. The third-order valence-electron chi connectivity index (χ3n) is 3.97. The molecule has 1 amide bonds. The Bertz CT molecular complexity index is 1150. The van der Waals surface area contributed by atoms with Gasteiger partial charge in [0.1, 0.15) is 0 Å². The Balaban J connectivity index is 1.61. The van der Waals surface area contributed by atoms with Crippen molar-refractivity contribution < 1.29 is 18.0 Å². The lowest BCUT2D eigenvalue weighted by atomic mass is 10.1. The van der Waals surface area contributed by atoms with Gasteiger partial charge >= 0.3 is 0 Å². The van der Waals surface area contributed by atoms with Crippen LogP contribution < -0.4 is 5.32 Å². The van der Waals surface area contributed by atoms with Crippen LogP contribution in [0, 0.1) is 24.4 Å². The second-order valence-electron chi connectivity index (χ2n) is 5.92. The van der Waals surface area contributed by atoms with Crippen LogP contribution in [-0.2, 0) is 0 Å². The van der Waals surface area contributed by atoms with Crippen LogP contribution in [0.2, 0.25) is 0 Å². The predicted octanol–water partition coefficient (Wildman–Crippen LogP) is 5.04. The van der Waals surface area contributed by atoms with Crippen molar-refractivity contribution >= 4 is 27.9 Å². The van der Waals surface area contributed by atoms with Gasteiger partial charge in [0.25, 0.3) is 5.91 Å². The first kappa shape index (κ1) is 17.3. The van der Waals surface area contributed by atoms with E-state index in [4.69, 9.17) is 0 Å². The number of fused-ring (bicyclic) bond motifs is 1. The van der Waals surface area contributed by atoms with Crippen LogP contribution in [0.4, 0.5) is 18.9 Å². The van der Waals surface area contributed by atoms with Gasteiger partial charge in [-0.15, -0.1) is 11.3 Å². The molecule has 0 radical (unpaired) electrons. The van der Waals surface area contributed by atoms with Gasteiger partial charge in [0, 0.05) is 28.5 Å². The van der Waals surface area contributed by atoms with Gasteiger partial charge in [0.15, 0.2) is 22.4 Å². The van der Waals surface area contributed by atoms with Crippen LogP contribution in [0.1, 0.15) is 15.2 Å². The molecule has 4 nitrogen and oxygen atoms in total. The van der Waals surface area contributed by atoms with Gasteiger partial charge in [0.2, 0.25) is 0 Å². The van der Waals surface area contributed by atoms with Crippen molar-refractivity contribution in [2.45, 2.75) is 6.92 Å². The number of benzene rings is 2. The van der Waals surface area contributed by atoms with Gasteiger partial charge < -0.3 is 5.32 Å². The van der Waals surface area contributed by atoms with Gasteiger partial charge in [-0.2, -0.15) is 0 Å². The Morgan fingerprint density at radius 1 is 1.11 bits per heavy atom. The van der Waals surface area contributed by atoms with E-state index in [9.17, 15) is 18.0 Å². The summed E-state index contributed by atoms with van der Waals surface area (Å²) in [5.74, 6) is -5.41. The second kappa shape index (κ2) is 6.55. The zero-order valence-electron chi connectivity index (χ0n) is 14.0. The molecule has 0 aliphatic rings. The molecule has 0 atom stereocenters. The SMILES string of the molecule is Cc1cn2cc(-c3cccc(NC(=O)c4ccc(F)c(F)c4F)c3)nc2s1. The molecule has 1 N–H and O–H groups in total. The maximum Gasteiger partial charge on any atom is 0.258 e. The molecule has 0 aliphatic carbocycles. The molecular weight excluding hydrogens is 375 g/mol. The monoisotopic (exact) mass is 387 g/mol. The minimum atomic E-state index is -1.68. The van der Waals surface area contributed by atoms with Crippen molar-refractivity contribution in [3.63, 3.8) is 0 Å². The largest absolute Gasteiger partial charge is 0.322 e. The number of anilines is 1. The molecule has 0 fully saturated rings. The molecule has 136 valence electrons. The van der Waals surface area contributed by atoms with Crippen molar-refractivity contribution in [3.8, 4) is 11.3 Å². The first-order valence-electron chi connectivity index (χ1n) is 7.93. The summed E-state index contributed by atoms with van der Waals surface area (Å²) < 4.78 is 42.1. The molecule has 4 aromatic rings.